The van der Waals surface area contributed by atoms with Gasteiger partial charge in [-0.1, -0.05) is 0 Å². The highest BCUT2D eigenvalue weighted by Crippen LogP contribution is 2.33. The zero-order valence-corrected chi connectivity index (χ0v) is 17.2. The molecule has 0 fully saturated rings. The van der Waals surface area contributed by atoms with E-state index < -0.39 is 18.5 Å². The van der Waals surface area contributed by atoms with Crippen LogP contribution < -0.4 is 20.1 Å². The van der Waals surface area contributed by atoms with Crippen molar-refractivity contribution in [2.75, 3.05) is 30.5 Å². The van der Waals surface area contributed by atoms with Gasteiger partial charge in [0.2, 0.25) is 5.91 Å². The maximum Gasteiger partial charge on any atom is 0.341 e. The zero-order chi connectivity index (χ0) is 21.0. The molecule has 0 radical (unpaired) electrons. The first-order chi connectivity index (χ1) is 13.8. The molecule has 1 aliphatic heterocycles. The Morgan fingerprint density at radius 1 is 1.10 bits per heavy atom. The molecule has 0 saturated carbocycles. The van der Waals surface area contributed by atoms with Crippen molar-refractivity contribution >= 4 is 39.8 Å². The molecule has 2 N–H and O–H groups in total. The monoisotopic (exact) mass is 418 g/mol. The Morgan fingerprint density at radius 3 is 2.55 bits per heavy atom. The van der Waals surface area contributed by atoms with Crippen LogP contribution in [0, 0.1) is 13.8 Å². The highest BCUT2D eigenvalue weighted by molar-refractivity contribution is 7.16. The number of hydrogen-bond donors (Lipinski definition) is 2. The Hall–Kier alpha value is -3.07. The minimum absolute atomic E-state index is 0.270. The van der Waals surface area contributed by atoms with Gasteiger partial charge in [-0.05, 0) is 31.5 Å². The Labute approximate surface area is 172 Å². The van der Waals surface area contributed by atoms with E-state index in [9.17, 15) is 14.4 Å². The average Bonchev–Trinajstić information content (AvgIpc) is 2.83. The van der Waals surface area contributed by atoms with Gasteiger partial charge < -0.3 is 24.8 Å². The van der Waals surface area contributed by atoms with E-state index >= 15 is 0 Å². The number of hydrogen-bond acceptors (Lipinski definition) is 7. The van der Waals surface area contributed by atoms with Crippen LogP contribution in [0.3, 0.4) is 0 Å². The van der Waals surface area contributed by atoms with Crippen molar-refractivity contribution in [2.24, 2.45) is 0 Å². The molecule has 2 heterocycles. The van der Waals surface area contributed by atoms with Gasteiger partial charge in [-0.2, -0.15) is 0 Å². The normalized spacial score (nSPS) is 12.7. The summed E-state index contributed by atoms with van der Waals surface area (Å²) in [5.74, 6) is -0.252. The van der Waals surface area contributed by atoms with Crippen molar-refractivity contribution in [3.63, 3.8) is 0 Å². The Balaban J connectivity index is 1.62. The van der Waals surface area contributed by atoms with E-state index in [2.05, 4.69) is 10.6 Å². The fourth-order valence-electron chi connectivity index (χ4n) is 2.76. The summed E-state index contributed by atoms with van der Waals surface area (Å²) in [6.45, 7) is 5.64. The van der Waals surface area contributed by atoms with E-state index in [0.717, 1.165) is 11.3 Å². The van der Waals surface area contributed by atoms with Gasteiger partial charge in [-0.15, -0.1) is 11.3 Å². The van der Waals surface area contributed by atoms with Gasteiger partial charge in [0, 0.05) is 30.0 Å². The SMILES string of the molecule is CC(=O)Nc1sc(C)c(C)c1C(=O)OCC(=O)Nc1ccc2c(c1)OCCCO2. The molecule has 29 heavy (non-hydrogen) atoms. The maximum atomic E-state index is 12.5. The molecule has 2 amide bonds. The summed E-state index contributed by atoms with van der Waals surface area (Å²) in [5, 5.41) is 5.71. The molecule has 1 aromatic carbocycles. The fraction of sp³-hybridized carbons (Fsp3) is 0.350. The van der Waals surface area contributed by atoms with Crippen molar-refractivity contribution in [1.82, 2.24) is 0 Å². The van der Waals surface area contributed by atoms with Crippen molar-refractivity contribution in [3.8, 4) is 11.5 Å². The van der Waals surface area contributed by atoms with E-state index in [0.29, 0.717) is 41.0 Å². The Bertz CT molecular complexity index is 953. The third-order valence-corrected chi connectivity index (χ3v) is 5.37. The van der Waals surface area contributed by atoms with Crippen molar-refractivity contribution in [3.05, 3.63) is 34.2 Å². The standard InChI is InChI=1S/C20H22N2O6S/c1-11-12(2)29-19(21-13(3)23)18(11)20(25)28-10-17(24)22-14-5-6-15-16(9-14)27-8-4-7-26-15/h5-6,9H,4,7-8,10H2,1-3H3,(H,21,23)(H,22,24). The quantitative estimate of drug-likeness (QED) is 0.723. The largest absolute Gasteiger partial charge is 0.490 e. The molecule has 0 aliphatic carbocycles. The van der Waals surface area contributed by atoms with Crippen LogP contribution in [0.4, 0.5) is 10.7 Å². The van der Waals surface area contributed by atoms with Crippen molar-refractivity contribution in [1.29, 1.82) is 0 Å². The minimum Gasteiger partial charge on any atom is -0.490 e. The van der Waals surface area contributed by atoms with Crippen molar-refractivity contribution < 1.29 is 28.6 Å². The van der Waals surface area contributed by atoms with Crippen LogP contribution in [0.15, 0.2) is 18.2 Å². The lowest BCUT2D eigenvalue weighted by Gasteiger charge is -2.11. The highest BCUT2D eigenvalue weighted by Gasteiger charge is 2.22. The summed E-state index contributed by atoms with van der Waals surface area (Å²) in [4.78, 5) is 36.9. The molecule has 154 valence electrons. The third kappa shape index (κ3) is 5.05. The van der Waals surface area contributed by atoms with Crippen LogP contribution in [0.1, 0.15) is 34.1 Å². The topological polar surface area (TPSA) is 103 Å². The number of amides is 2. The molecule has 0 atom stereocenters. The molecule has 9 heteroatoms. The number of benzene rings is 1. The predicted octanol–water partition coefficient (Wildman–Crippen LogP) is 3.28. The number of anilines is 2. The van der Waals surface area contributed by atoms with E-state index in [-0.39, 0.29) is 11.5 Å². The molecular weight excluding hydrogens is 396 g/mol. The highest BCUT2D eigenvalue weighted by atomic mass is 32.1. The Kier molecular flexibility index (Phi) is 6.38. The maximum absolute atomic E-state index is 12.5. The summed E-state index contributed by atoms with van der Waals surface area (Å²) in [6, 6.07) is 5.08. The van der Waals surface area contributed by atoms with Gasteiger partial charge in [-0.25, -0.2) is 4.79 Å². The van der Waals surface area contributed by atoms with E-state index in [4.69, 9.17) is 14.2 Å². The summed E-state index contributed by atoms with van der Waals surface area (Å²) in [7, 11) is 0. The van der Waals surface area contributed by atoms with Crippen LogP contribution in [0.5, 0.6) is 11.5 Å². The van der Waals surface area contributed by atoms with Gasteiger partial charge in [0.25, 0.3) is 5.91 Å². The van der Waals surface area contributed by atoms with Crippen molar-refractivity contribution in [2.45, 2.75) is 27.2 Å². The number of thiophene rings is 1. The number of aryl methyl sites for hydroxylation is 1. The first kappa shape index (κ1) is 20.7. The number of fused-ring (bicyclic) bond motifs is 1. The molecule has 3 rings (SSSR count). The summed E-state index contributed by atoms with van der Waals surface area (Å²) < 4.78 is 16.3. The summed E-state index contributed by atoms with van der Waals surface area (Å²) in [6.07, 6.45) is 0.786. The van der Waals surface area contributed by atoms with E-state index in [1.807, 2.05) is 6.92 Å². The second-order valence-electron chi connectivity index (χ2n) is 6.50. The summed E-state index contributed by atoms with van der Waals surface area (Å²) >= 11 is 1.29. The average molecular weight is 418 g/mol. The lowest BCUT2D eigenvalue weighted by molar-refractivity contribution is -0.119. The van der Waals surface area contributed by atoms with Gasteiger partial charge in [0.1, 0.15) is 5.00 Å². The Morgan fingerprint density at radius 2 is 1.83 bits per heavy atom. The van der Waals surface area contributed by atoms with Crippen LogP contribution in [0.2, 0.25) is 0 Å². The first-order valence-electron chi connectivity index (χ1n) is 9.09. The molecule has 0 saturated heterocycles. The smallest absolute Gasteiger partial charge is 0.341 e. The molecule has 1 aliphatic rings. The van der Waals surface area contributed by atoms with E-state index in [1.54, 1.807) is 25.1 Å². The number of esters is 1. The lowest BCUT2D eigenvalue weighted by Crippen LogP contribution is -2.21. The number of carbonyl (C=O) groups is 3. The van der Waals surface area contributed by atoms with E-state index in [1.165, 1.54) is 18.3 Å². The molecule has 0 bridgehead atoms. The lowest BCUT2D eigenvalue weighted by atomic mass is 10.1. The fourth-order valence-corrected chi connectivity index (χ4v) is 3.86. The molecule has 0 spiro atoms. The molecule has 2 aromatic rings. The van der Waals surface area contributed by atoms with Crippen LogP contribution >= 0.6 is 11.3 Å². The number of carbonyl (C=O) groups excluding carboxylic acids is 3. The first-order valence-corrected chi connectivity index (χ1v) is 9.91. The zero-order valence-electron chi connectivity index (χ0n) is 16.4. The van der Waals surface area contributed by atoms with Crippen LogP contribution in [-0.4, -0.2) is 37.6 Å². The summed E-state index contributed by atoms with van der Waals surface area (Å²) in [5.41, 5.74) is 1.50. The van der Waals surface area contributed by atoms with Gasteiger partial charge in [-0.3, -0.25) is 9.59 Å². The molecular formula is C20H22N2O6S. The minimum atomic E-state index is -0.663. The predicted molar refractivity (Wildman–Crippen MR) is 109 cm³/mol. The van der Waals surface area contributed by atoms with Crippen LogP contribution in [-0.2, 0) is 14.3 Å². The molecule has 1 aromatic heterocycles. The van der Waals surface area contributed by atoms with Gasteiger partial charge in [0.05, 0.1) is 18.8 Å². The second-order valence-corrected chi connectivity index (χ2v) is 7.73. The molecule has 0 unspecified atom stereocenters. The number of nitrogens with one attached hydrogen (secondary N) is 2. The third-order valence-electron chi connectivity index (χ3n) is 4.24. The second kappa shape index (κ2) is 8.95. The van der Waals surface area contributed by atoms with Gasteiger partial charge in [0.15, 0.2) is 18.1 Å². The number of rotatable bonds is 5. The van der Waals surface area contributed by atoms with Crippen LogP contribution in [0.25, 0.3) is 0 Å². The molecule has 8 nitrogen and oxygen atoms in total. The number of ether oxygens (including phenoxy) is 3. The van der Waals surface area contributed by atoms with Gasteiger partial charge >= 0.3 is 5.97 Å².